The van der Waals surface area contributed by atoms with E-state index >= 15 is 0 Å². The second kappa shape index (κ2) is 7.64. The number of amides is 1. The quantitative estimate of drug-likeness (QED) is 0.860. The van der Waals surface area contributed by atoms with E-state index in [-0.39, 0.29) is 11.8 Å². The molecule has 2 N–H and O–H groups in total. The second-order valence-electron chi connectivity index (χ2n) is 7.20. The van der Waals surface area contributed by atoms with E-state index in [2.05, 4.69) is 26.1 Å². The van der Waals surface area contributed by atoms with Gasteiger partial charge in [-0.3, -0.25) is 4.79 Å². The number of rotatable bonds is 5. The highest BCUT2D eigenvalue weighted by Crippen LogP contribution is 2.33. The fraction of sp³-hybridized carbons (Fsp3) is 0.667. The zero-order valence-electron chi connectivity index (χ0n) is 14.5. The lowest BCUT2D eigenvalue weighted by Crippen LogP contribution is -2.35. The highest BCUT2D eigenvalue weighted by molar-refractivity contribution is 7.09. The highest BCUT2D eigenvalue weighted by Gasteiger charge is 2.27. The van der Waals surface area contributed by atoms with Crippen LogP contribution in [0.1, 0.15) is 66.5 Å². The van der Waals surface area contributed by atoms with Crippen LogP contribution in [0.15, 0.2) is 5.38 Å². The predicted octanol–water partition coefficient (Wildman–Crippen LogP) is 2.77. The van der Waals surface area contributed by atoms with Crippen LogP contribution in [0, 0.1) is 5.92 Å². The van der Waals surface area contributed by atoms with Crippen molar-refractivity contribution in [3.63, 3.8) is 0 Å². The molecule has 0 aliphatic heterocycles. The number of aromatic nitrogens is 4. The molecule has 134 valence electrons. The minimum atomic E-state index is 0.0201. The molecule has 1 amide bonds. The molecule has 2 aliphatic rings. The van der Waals surface area contributed by atoms with Crippen molar-refractivity contribution >= 4 is 17.2 Å². The number of aromatic amines is 1. The molecule has 0 aromatic carbocycles. The molecule has 1 saturated carbocycles. The summed E-state index contributed by atoms with van der Waals surface area (Å²) in [6.07, 6.45) is 9.82. The predicted molar refractivity (Wildman–Crippen MR) is 96.6 cm³/mol. The maximum atomic E-state index is 12.4. The van der Waals surface area contributed by atoms with Crippen LogP contribution in [0.4, 0.5) is 0 Å². The van der Waals surface area contributed by atoms with E-state index in [4.69, 9.17) is 4.98 Å². The lowest BCUT2D eigenvalue weighted by Gasteiger charge is -2.19. The third-order valence-electron chi connectivity index (χ3n) is 5.47. The molecule has 2 aromatic rings. The summed E-state index contributed by atoms with van der Waals surface area (Å²) in [6, 6.07) is 0. The average Bonchev–Trinajstić information content (AvgIpc) is 3.31. The number of carbonyl (C=O) groups excluding carboxylic acids is 1. The largest absolute Gasteiger partial charge is 0.355 e. The Bertz CT molecular complexity index is 719. The van der Waals surface area contributed by atoms with Crippen LogP contribution in [0.2, 0.25) is 0 Å². The third kappa shape index (κ3) is 3.92. The Morgan fingerprint density at radius 3 is 2.92 bits per heavy atom. The SMILES string of the molecule is O=C(NCCc1nc(C2CCCCC2)cs1)C1CCc2n[nH]nc2C1. The number of thiazole rings is 1. The molecule has 2 aromatic heterocycles. The van der Waals surface area contributed by atoms with Gasteiger partial charge in [0.25, 0.3) is 0 Å². The summed E-state index contributed by atoms with van der Waals surface area (Å²) in [6.45, 7) is 0.665. The molecule has 6 nitrogen and oxygen atoms in total. The van der Waals surface area contributed by atoms with Crippen LogP contribution < -0.4 is 5.32 Å². The van der Waals surface area contributed by atoms with Gasteiger partial charge in [-0.25, -0.2) is 4.98 Å². The van der Waals surface area contributed by atoms with E-state index in [1.807, 2.05) is 0 Å². The summed E-state index contributed by atoms with van der Waals surface area (Å²) < 4.78 is 0. The maximum Gasteiger partial charge on any atom is 0.223 e. The van der Waals surface area contributed by atoms with Crippen molar-refractivity contribution in [2.24, 2.45) is 5.92 Å². The van der Waals surface area contributed by atoms with Gasteiger partial charge < -0.3 is 5.32 Å². The van der Waals surface area contributed by atoms with E-state index in [1.165, 1.54) is 37.8 Å². The molecule has 2 aliphatic carbocycles. The first-order chi connectivity index (χ1) is 12.3. The van der Waals surface area contributed by atoms with E-state index in [9.17, 15) is 4.79 Å². The molecule has 7 heteroatoms. The number of carbonyl (C=O) groups is 1. The smallest absolute Gasteiger partial charge is 0.223 e. The van der Waals surface area contributed by atoms with Crippen LogP contribution in [0.25, 0.3) is 0 Å². The number of hydrogen-bond donors (Lipinski definition) is 2. The summed E-state index contributed by atoms with van der Waals surface area (Å²) in [5, 5.41) is 17.4. The Morgan fingerprint density at radius 2 is 2.04 bits per heavy atom. The van der Waals surface area contributed by atoms with Gasteiger partial charge in [0.15, 0.2) is 0 Å². The number of H-pyrrole nitrogens is 1. The van der Waals surface area contributed by atoms with Gasteiger partial charge in [0, 0.05) is 36.6 Å². The van der Waals surface area contributed by atoms with Gasteiger partial charge in [-0.15, -0.1) is 11.3 Å². The molecule has 0 bridgehead atoms. The monoisotopic (exact) mass is 359 g/mol. The van der Waals surface area contributed by atoms with Crippen LogP contribution in [0.5, 0.6) is 0 Å². The number of nitrogens with one attached hydrogen (secondary N) is 2. The van der Waals surface area contributed by atoms with Crippen molar-refractivity contribution in [1.82, 2.24) is 25.7 Å². The van der Waals surface area contributed by atoms with Crippen molar-refractivity contribution in [3.8, 4) is 0 Å². The van der Waals surface area contributed by atoms with E-state index in [1.54, 1.807) is 11.3 Å². The van der Waals surface area contributed by atoms with Crippen LogP contribution in [0.3, 0.4) is 0 Å². The van der Waals surface area contributed by atoms with E-state index in [0.717, 1.165) is 35.7 Å². The molecule has 0 radical (unpaired) electrons. The number of fused-ring (bicyclic) bond motifs is 1. The molecule has 1 fully saturated rings. The summed E-state index contributed by atoms with van der Waals surface area (Å²) >= 11 is 1.74. The van der Waals surface area contributed by atoms with Crippen molar-refractivity contribution in [1.29, 1.82) is 0 Å². The third-order valence-corrected chi connectivity index (χ3v) is 6.40. The van der Waals surface area contributed by atoms with Crippen LogP contribution >= 0.6 is 11.3 Å². The van der Waals surface area contributed by atoms with Gasteiger partial charge in [-0.2, -0.15) is 15.4 Å². The van der Waals surface area contributed by atoms with Crippen LogP contribution in [-0.4, -0.2) is 32.8 Å². The minimum absolute atomic E-state index is 0.0201. The molecular weight excluding hydrogens is 334 g/mol. The first kappa shape index (κ1) is 16.7. The fourth-order valence-corrected chi connectivity index (χ4v) is 4.85. The lowest BCUT2D eigenvalue weighted by molar-refractivity contribution is -0.125. The van der Waals surface area contributed by atoms with Gasteiger partial charge >= 0.3 is 0 Å². The summed E-state index contributed by atoms with van der Waals surface area (Å²) in [5.41, 5.74) is 3.24. The summed E-state index contributed by atoms with van der Waals surface area (Å²) in [4.78, 5) is 17.2. The number of nitrogens with zero attached hydrogens (tertiary/aromatic N) is 3. The Hall–Kier alpha value is -1.76. The normalized spacial score (nSPS) is 21.0. The zero-order valence-corrected chi connectivity index (χ0v) is 15.3. The zero-order chi connectivity index (χ0) is 17.1. The summed E-state index contributed by atoms with van der Waals surface area (Å²) in [7, 11) is 0. The first-order valence-electron chi connectivity index (χ1n) is 9.40. The molecule has 1 unspecified atom stereocenters. The topological polar surface area (TPSA) is 83.6 Å². The van der Waals surface area contributed by atoms with Gasteiger partial charge in [0.05, 0.1) is 22.1 Å². The molecule has 1 atom stereocenters. The Balaban J connectivity index is 1.24. The van der Waals surface area contributed by atoms with Crippen molar-refractivity contribution in [3.05, 3.63) is 27.5 Å². The number of hydrogen-bond acceptors (Lipinski definition) is 5. The summed E-state index contributed by atoms with van der Waals surface area (Å²) in [5.74, 6) is 0.816. The standard InChI is InChI=1S/C18H25N5OS/c24-18(13-6-7-14-15(10-13)22-23-21-14)19-9-8-17-20-16(11-25-17)12-4-2-1-3-5-12/h11-13H,1-10H2,(H,19,24)(H,21,22,23). The highest BCUT2D eigenvalue weighted by atomic mass is 32.1. The number of aryl methyl sites for hydroxylation is 1. The van der Waals surface area contributed by atoms with E-state index in [0.29, 0.717) is 18.9 Å². The molecule has 0 saturated heterocycles. The second-order valence-corrected chi connectivity index (χ2v) is 8.14. The average molecular weight is 359 g/mol. The Kier molecular flexibility index (Phi) is 5.10. The molecular formula is C18H25N5OS. The van der Waals surface area contributed by atoms with Gasteiger partial charge in [0.2, 0.25) is 5.91 Å². The van der Waals surface area contributed by atoms with Gasteiger partial charge in [-0.05, 0) is 25.7 Å². The molecule has 0 spiro atoms. The van der Waals surface area contributed by atoms with Gasteiger partial charge in [-0.1, -0.05) is 19.3 Å². The lowest BCUT2D eigenvalue weighted by atomic mass is 9.87. The molecule has 2 heterocycles. The molecule has 25 heavy (non-hydrogen) atoms. The molecule has 4 rings (SSSR count). The fourth-order valence-electron chi connectivity index (χ4n) is 3.97. The Labute approximate surface area is 151 Å². The minimum Gasteiger partial charge on any atom is -0.355 e. The van der Waals surface area contributed by atoms with Crippen molar-refractivity contribution in [2.45, 2.75) is 63.7 Å². The van der Waals surface area contributed by atoms with Crippen molar-refractivity contribution in [2.75, 3.05) is 6.54 Å². The van der Waals surface area contributed by atoms with Crippen LogP contribution in [-0.2, 0) is 24.1 Å². The van der Waals surface area contributed by atoms with E-state index < -0.39 is 0 Å². The Morgan fingerprint density at radius 1 is 1.20 bits per heavy atom. The van der Waals surface area contributed by atoms with Crippen molar-refractivity contribution < 1.29 is 4.79 Å². The first-order valence-corrected chi connectivity index (χ1v) is 10.3. The maximum absolute atomic E-state index is 12.4. The van der Waals surface area contributed by atoms with Gasteiger partial charge in [0.1, 0.15) is 0 Å².